The van der Waals surface area contributed by atoms with E-state index in [-0.39, 0.29) is 11.6 Å². The minimum absolute atomic E-state index is 0.183. The first kappa shape index (κ1) is 14.7. The summed E-state index contributed by atoms with van der Waals surface area (Å²) < 4.78 is 84.9. The van der Waals surface area contributed by atoms with Crippen LogP contribution in [0.2, 0.25) is 0 Å². The van der Waals surface area contributed by atoms with Crippen LogP contribution in [0.5, 0.6) is 0 Å². The highest BCUT2D eigenvalue weighted by Crippen LogP contribution is 2.34. The molecule has 1 aromatic carbocycles. The van der Waals surface area contributed by atoms with E-state index in [0.717, 1.165) is 12.1 Å². The zero-order valence-corrected chi connectivity index (χ0v) is 9.42. The Balaban J connectivity index is 3.38. The molecule has 0 radical (unpaired) electrons. The highest BCUT2D eigenvalue weighted by Gasteiger charge is 2.39. The number of rotatable bonds is 2. The number of benzene rings is 1. The summed E-state index contributed by atoms with van der Waals surface area (Å²) in [5.41, 5.74) is -6.59. The average molecular weight is 288 g/mol. The summed E-state index contributed by atoms with van der Waals surface area (Å²) in [6.45, 7) is 3.17. The molecule has 0 fully saturated rings. The predicted octanol–water partition coefficient (Wildman–Crippen LogP) is 3.98. The van der Waals surface area contributed by atoms with Gasteiger partial charge in [-0.1, -0.05) is 12.7 Å². The fourth-order valence-electron chi connectivity index (χ4n) is 1.14. The molecule has 0 aromatic heterocycles. The highest BCUT2D eigenvalue weighted by atomic mass is 32.2. The molecule has 0 aliphatic rings. The van der Waals surface area contributed by atoms with Gasteiger partial charge in [0, 0.05) is 4.90 Å². The Bertz CT molecular complexity index is 488. The van der Waals surface area contributed by atoms with Crippen LogP contribution in [0, 0.1) is 0 Å². The van der Waals surface area contributed by atoms with E-state index in [2.05, 4.69) is 6.58 Å². The van der Waals surface area contributed by atoms with Gasteiger partial charge in [-0.05, 0) is 23.8 Å². The number of hydrogen-bond acceptors (Lipinski definition) is 1. The second-order valence-corrected chi connectivity index (χ2v) is 4.68. The first-order chi connectivity index (χ1) is 8.05. The Morgan fingerprint density at radius 1 is 1.06 bits per heavy atom. The van der Waals surface area contributed by atoms with Crippen molar-refractivity contribution in [3.8, 4) is 0 Å². The van der Waals surface area contributed by atoms with Gasteiger partial charge in [0.05, 0.1) is 5.56 Å². The van der Waals surface area contributed by atoms with Crippen LogP contribution >= 0.6 is 0 Å². The first-order valence-corrected chi connectivity index (χ1v) is 5.54. The van der Waals surface area contributed by atoms with Gasteiger partial charge < -0.3 is 0 Å². The van der Waals surface area contributed by atoms with Gasteiger partial charge in [0.25, 0.3) is 0 Å². The quantitative estimate of drug-likeness (QED) is 0.752. The molecule has 0 spiro atoms. The number of halogens is 6. The molecule has 0 saturated heterocycles. The summed E-state index contributed by atoms with van der Waals surface area (Å²) >= 11 is 0. The van der Waals surface area contributed by atoms with Crippen LogP contribution in [0.1, 0.15) is 11.1 Å². The monoisotopic (exact) mass is 288 g/mol. The molecule has 1 nitrogen and oxygen atoms in total. The van der Waals surface area contributed by atoms with E-state index in [4.69, 9.17) is 0 Å². The summed E-state index contributed by atoms with van der Waals surface area (Å²) in [6.07, 6.45) is -3.87. The molecular formula is C10H6F6OS. The molecule has 1 rings (SSSR count). The van der Waals surface area contributed by atoms with Crippen molar-refractivity contribution in [2.24, 2.45) is 0 Å². The van der Waals surface area contributed by atoms with Crippen LogP contribution in [-0.2, 0) is 17.0 Å². The van der Waals surface area contributed by atoms with E-state index in [1.807, 2.05) is 0 Å². The Morgan fingerprint density at radius 3 is 2.00 bits per heavy atom. The molecule has 100 valence electrons. The lowest BCUT2D eigenvalue weighted by atomic mass is 10.1. The highest BCUT2D eigenvalue weighted by molar-refractivity contribution is 7.86. The zero-order chi connectivity index (χ0) is 14.1. The maximum absolute atomic E-state index is 12.4. The van der Waals surface area contributed by atoms with Gasteiger partial charge in [-0.25, -0.2) is 4.21 Å². The Hall–Kier alpha value is -1.31. The van der Waals surface area contributed by atoms with Gasteiger partial charge in [-0.2, -0.15) is 26.3 Å². The molecule has 0 N–H and O–H groups in total. The van der Waals surface area contributed by atoms with Crippen molar-refractivity contribution in [1.82, 2.24) is 0 Å². The summed E-state index contributed by atoms with van der Waals surface area (Å²) in [6, 6.07) is 1.60. The normalized spacial score (nSPS) is 14.3. The second-order valence-electron chi connectivity index (χ2n) is 3.21. The predicted molar refractivity (Wildman–Crippen MR) is 54.0 cm³/mol. The molecule has 0 aliphatic carbocycles. The zero-order valence-electron chi connectivity index (χ0n) is 8.60. The lowest BCUT2D eigenvalue weighted by Gasteiger charge is -2.11. The lowest BCUT2D eigenvalue weighted by Crippen LogP contribution is -2.17. The molecule has 1 aromatic rings. The van der Waals surface area contributed by atoms with Crippen LogP contribution in [-0.4, -0.2) is 9.72 Å². The lowest BCUT2D eigenvalue weighted by molar-refractivity contribution is -0.137. The molecule has 0 aliphatic heterocycles. The van der Waals surface area contributed by atoms with Gasteiger partial charge in [0.15, 0.2) is 10.8 Å². The Labute approximate surface area is 101 Å². The number of hydrogen-bond donors (Lipinski definition) is 0. The van der Waals surface area contributed by atoms with Crippen molar-refractivity contribution < 1.29 is 30.6 Å². The van der Waals surface area contributed by atoms with E-state index in [1.54, 1.807) is 0 Å². The fourth-order valence-corrected chi connectivity index (χ4v) is 1.89. The minimum Gasteiger partial charge on any atom is -0.245 e. The molecule has 0 amide bonds. The molecule has 18 heavy (non-hydrogen) atoms. The van der Waals surface area contributed by atoms with Gasteiger partial charge in [0.2, 0.25) is 0 Å². The first-order valence-electron chi connectivity index (χ1n) is 4.39. The average Bonchev–Trinajstić information content (AvgIpc) is 2.25. The third-order valence-electron chi connectivity index (χ3n) is 1.92. The second kappa shape index (κ2) is 4.75. The van der Waals surface area contributed by atoms with E-state index >= 15 is 0 Å². The van der Waals surface area contributed by atoms with Gasteiger partial charge in [-0.3, -0.25) is 0 Å². The number of alkyl halides is 6. The van der Waals surface area contributed by atoms with E-state index < -0.39 is 32.9 Å². The van der Waals surface area contributed by atoms with Crippen LogP contribution in [0.25, 0.3) is 6.08 Å². The van der Waals surface area contributed by atoms with Crippen molar-refractivity contribution in [3.05, 3.63) is 35.9 Å². The Morgan fingerprint density at radius 2 is 1.61 bits per heavy atom. The van der Waals surface area contributed by atoms with Crippen molar-refractivity contribution in [2.45, 2.75) is 16.6 Å². The standard InChI is InChI=1S/C10H6F6OS/c1-2-6-3-7(9(11,12)13)5-8(4-6)18(17)10(14,15)16/h2-5H,1H2. The molecule has 1 atom stereocenters. The summed E-state index contributed by atoms with van der Waals surface area (Å²) in [4.78, 5) is -0.952. The maximum Gasteiger partial charge on any atom is 0.475 e. The van der Waals surface area contributed by atoms with Crippen LogP contribution in [0.4, 0.5) is 26.3 Å². The largest absolute Gasteiger partial charge is 0.475 e. The molecular weight excluding hydrogens is 282 g/mol. The van der Waals surface area contributed by atoms with Gasteiger partial charge in [0.1, 0.15) is 0 Å². The van der Waals surface area contributed by atoms with Crippen LogP contribution in [0.3, 0.4) is 0 Å². The molecule has 1 unspecified atom stereocenters. The maximum atomic E-state index is 12.4. The van der Waals surface area contributed by atoms with E-state index in [0.29, 0.717) is 6.07 Å². The van der Waals surface area contributed by atoms with Gasteiger partial charge >= 0.3 is 11.7 Å². The fraction of sp³-hybridized carbons (Fsp3) is 0.200. The van der Waals surface area contributed by atoms with Crippen LogP contribution in [0.15, 0.2) is 29.7 Å². The van der Waals surface area contributed by atoms with Gasteiger partial charge in [-0.15, -0.1) is 0 Å². The molecule has 0 saturated carbocycles. The van der Waals surface area contributed by atoms with Crippen molar-refractivity contribution in [1.29, 1.82) is 0 Å². The smallest absolute Gasteiger partial charge is 0.245 e. The van der Waals surface area contributed by atoms with E-state index in [1.165, 1.54) is 0 Å². The SMILES string of the molecule is C=Cc1cc(S(=O)C(F)(F)F)cc(C(F)(F)F)c1. The van der Waals surface area contributed by atoms with Crippen molar-refractivity contribution in [3.63, 3.8) is 0 Å². The van der Waals surface area contributed by atoms with E-state index in [9.17, 15) is 30.6 Å². The van der Waals surface area contributed by atoms with Crippen LogP contribution < -0.4 is 0 Å². The topological polar surface area (TPSA) is 17.1 Å². The van der Waals surface area contributed by atoms with Crippen molar-refractivity contribution in [2.75, 3.05) is 0 Å². The third kappa shape index (κ3) is 3.34. The molecule has 8 heteroatoms. The molecule has 0 heterocycles. The summed E-state index contributed by atoms with van der Waals surface area (Å²) in [5.74, 6) is 0. The Kier molecular flexibility index (Phi) is 3.89. The summed E-state index contributed by atoms with van der Waals surface area (Å²) in [7, 11) is -3.51. The minimum atomic E-state index is -5.11. The summed E-state index contributed by atoms with van der Waals surface area (Å²) in [5, 5.41) is 0. The van der Waals surface area contributed by atoms with Crippen molar-refractivity contribution >= 4 is 16.9 Å². The molecule has 0 bridgehead atoms. The third-order valence-corrected chi connectivity index (χ3v) is 3.00.